The zero-order chi connectivity index (χ0) is 18.0. The predicted octanol–water partition coefficient (Wildman–Crippen LogP) is 2.05. The van der Waals surface area contributed by atoms with E-state index in [1.54, 1.807) is 24.0 Å². The molecular formula is C17H18FN3O4. The van der Waals surface area contributed by atoms with Gasteiger partial charge in [0.15, 0.2) is 0 Å². The van der Waals surface area contributed by atoms with Crippen LogP contribution in [0.5, 0.6) is 0 Å². The number of rotatable bonds is 5. The van der Waals surface area contributed by atoms with Crippen LogP contribution in [-0.2, 0) is 16.0 Å². The quantitative estimate of drug-likeness (QED) is 0.889. The van der Waals surface area contributed by atoms with Crippen LogP contribution in [0, 0.1) is 18.7 Å². The number of amides is 1. The highest BCUT2D eigenvalue weighted by atomic mass is 19.1. The molecule has 1 aliphatic heterocycles. The van der Waals surface area contributed by atoms with Gasteiger partial charge in [-0.2, -0.15) is 4.98 Å². The van der Waals surface area contributed by atoms with Crippen LogP contribution in [0.15, 0.2) is 22.7 Å². The second-order valence-electron chi connectivity index (χ2n) is 6.14. The zero-order valence-electron chi connectivity index (χ0n) is 13.7. The molecule has 2 aromatic rings. The minimum absolute atomic E-state index is 0.134. The van der Waals surface area contributed by atoms with Gasteiger partial charge in [-0.15, -0.1) is 0 Å². The molecule has 0 radical (unpaired) electrons. The van der Waals surface area contributed by atoms with Crippen LogP contribution in [0.25, 0.3) is 11.4 Å². The summed E-state index contributed by atoms with van der Waals surface area (Å²) in [5.74, 6) is -1.28. The number of aromatic nitrogens is 2. The molecule has 25 heavy (non-hydrogen) atoms. The lowest BCUT2D eigenvalue weighted by atomic mass is 10.1. The van der Waals surface area contributed by atoms with Crippen molar-refractivity contribution < 1.29 is 23.6 Å². The molecule has 0 saturated carbocycles. The normalized spacial score (nSPS) is 17.0. The smallest absolute Gasteiger partial charge is 0.308 e. The number of likely N-dealkylation sites (tertiary alicyclic amines) is 1. The maximum atomic E-state index is 13.6. The third kappa shape index (κ3) is 3.84. The maximum absolute atomic E-state index is 13.6. The van der Waals surface area contributed by atoms with Gasteiger partial charge in [0.05, 0.1) is 5.92 Å². The first kappa shape index (κ1) is 17.1. The van der Waals surface area contributed by atoms with Crippen molar-refractivity contribution >= 4 is 11.9 Å². The molecule has 0 bridgehead atoms. The van der Waals surface area contributed by atoms with Crippen LogP contribution in [0.2, 0.25) is 0 Å². The molecule has 132 valence electrons. The summed E-state index contributed by atoms with van der Waals surface area (Å²) in [6.07, 6.45) is 0.898. The van der Waals surface area contributed by atoms with Crippen LogP contribution >= 0.6 is 0 Å². The second-order valence-corrected chi connectivity index (χ2v) is 6.14. The Labute approximate surface area is 143 Å². The lowest BCUT2D eigenvalue weighted by Crippen LogP contribution is -2.30. The fourth-order valence-corrected chi connectivity index (χ4v) is 2.77. The van der Waals surface area contributed by atoms with Crippen molar-refractivity contribution in [1.29, 1.82) is 0 Å². The summed E-state index contributed by atoms with van der Waals surface area (Å²) in [5, 5.41) is 12.8. The number of aryl methyl sites for hydroxylation is 2. The van der Waals surface area contributed by atoms with Crippen LogP contribution in [0.3, 0.4) is 0 Å². The molecule has 1 aromatic carbocycles. The van der Waals surface area contributed by atoms with Gasteiger partial charge in [-0.25, -0.2) is 4.39 Å². The summed E-state index contributed by atoms with van der Waals surface area (Å²) in [6.45, 7) is 2.36. The van der Waals surface area contributed by atoms with E-state index in [4.69, 9.17) is 9.63 Å². The molecule has 1 aliphatic rings. The van der Waals surface area contributed by atoms with E-state index >= 15 is 0 Å². The highest BCUT2D eigenvalue weighted by Crippen LogP contribution is 2.20. The number of carbonyl (C=O) groups is 2. The van der Waals surface area contributed by atoms with Gasteiger partial charge in [0.2, 0.25) is 17.6 Å². The molecule has 1 N–H and O–H groups in total. The zero-order valence-corrected chi connectivity index (χ0v) is 13.7. The van der Waals surface area contributed by atoms with E-state index in [1.165, 1.54) is 6.07 Å². The van der Waals surface area contributed by atoms with Gasteiger partial charge in [-0.3, -0.25) is 9.59 Å². The van der Waals surface area contributed by atoms with Crippen LogP contribution in [0.1, 0.15) is 24.3 Å². The van der Waals surface area contributed by atoms with Crippen molar-refractivity contribution in [2.24, 2.45) is 5.92 Å². The van der Waals surface area contributed by atoms with Gasteiger partial charge < -0.3 is 14.5 Å². The molecule has 2 heterocycles. The summed E-state index contributed by atoms with van der Waals surface area (Å²) in [6, 6.07) is 4.68. The van der Waals surface area contributed by atoms with Crippen LogP contribution in [0.4, 0.5) is 4.39 Å². The van der Waals surface area contributed by atoms with E-state index in [1.807, 2.05) is 0 Å². The summed E-state index contributed by atoms with van der Waals surface area (Å²) in [7, 11) is 0. The van der Waals surface area contributed by atoms with Crippen molar-refractivity contribution in [3.63, 3.8) is 0 Å². The molecule has 7 nitrogen and oxygen atoms in total. The summed E-state index contributed by atoms with van der Waals surface area (Å²) in [5.41, 5.74) is 1.04. The first-order chi connectivity index (χ1) is 11.9. The van der Waals surface area contributed by atoms with E-state index in [2.05, 4.69) is 10.1 Å². The fourth-order valence-electron chi connectivity index (χ4n) is 2.77. The standard InChI is InChI=1S/C17H18FN3O4/c1-10-2-3-11(8-13(10)18)16-19-14(25-20-16)4-5-15(22)21-7-6-12(9-21)17(23)24/h2-3,8,12H,4-7,9H2,1H3,(H,23,24)/t12-/m1/s1. The van der Waals surface area contributed by atoms with Gasteiger partial charge in [0.25, 0.3) is 0 Å². The third-order valence-corrected chi connectivity index (χ3v) is 4.34. The summed E-state index contributed by atoms with van der Waals surface area (Å²) in [4.78, 5) is 28.8. The van der Waals surface area contributed by atoms with Gasteiger partial charge in [0.1, 0.15) is 5.82 Å². The highest BCUT2D eigenvalue weighted by Gasteiger charge is 2.30. The molecule has 1 saturated heterocycles. The van der Waals surface area contributed by atoms with E-state index in [0.717, 1.165) is 0 Å². The SMILES string of the molecule is Cc1ccc(-c2noc(CCC(=O)N3CC[C@@H](C(=O)O)C3)n2)cc1F. The maximum Gasteiger partial charge on any atom is 0.308 e. The number of benzene rings is 1. The van der Waals surface area contributed by atoms with Crippen molar-refractivity contribution in [3.8, 4) is 11.4 Å². The molecule has 0 aliphatic carbocycles. The van der Waals surface area contributed by atoms with Crippen LogP contribution < -0.4 is 0 Å². The number of aliphatic carboxylic acids is 1. The molecule has 1 aromatic heterocycles. The number of carbonyl (C=O) groups excluding carboxylic acids is 1. The average Bonchev–Trinajstić information content (AvgIpc) is 3.24. The topological polar surface area (TPSA) is 96.5 Å². The van der Waals surface area contributed by atoms with E-state index in [0.29, 0.717) is 30.0 Å². The Bertz CT molecular complexity index is 805. The van der Waals surface area contributed by atoms with Crippen molar-refractivity contribution in [2.75, 3.05) is 13.1 Å². The Morgan fingerprint density at radius 2 is 2.24 bits per heavy atom. The summed E-state index contributed by atoms with van der Waals surface area (Å²) >= 11 is 0. The molecule has 8 heteroatoms. The molecule has 3 rings (SSSR count). The predicted molar refractivity (Wildman–Crippen MR) is 85.1 cm³/mol. The van der Waals surface area contributed by atoms with Crippen LogP contribution in [-0.4, -0.2) is 45.1 Å². The van der Waals surface area contributed by atoms with Crippen molar-refractivity contribution in [1.82, 2.24) is 15.0 Å². The Balaban J connectivity index is 1.58. The number of carboxylic acid groups (broad SMARTS) is 1. The minimum Gasteiger partial charge on any atom is -0.481 e. The van der Waals surface area contributed by atoms with E-state index < -0.39 is 11.9 Å². The monoisotopic (exact) mass is 347 g/mol. The molecule has 1 atom stereocenters. The number of nitrogens with zero attached hydrogens (tertiary/aromatic N) is 3. The molecule has 1 amide bonds. The average molecular weight is 347 g/mol. The molecule has 1 fully saturated rings. The molecule has 0 spiro atoms. The number of halogens is 1. The third-order valence-electron chi connectivity index (χ3n) is 4.34. The van der Waals surface area contributed by atoms with Gasteiger partial charge in [-0.05, 0) is 25.0 Å². The Hall–Kier alpha value is -2.77. The molecule has 0 unspecified atom stereocenters. The number of carboxylic acids is 1. The van der Waals surface area contributed by atoms with Crippen molar-refractivity contribution in [2.45, 2.75) is 26.2 Å². The first-order valence-electron chi connectivity index (χ1n) is 8.03. The lowest BCUT2D eigenvalue weighted by molar-refractivity contribution is -0.141. The Morgan fingerprint density at radius 3 is 2.92 bits per heavy atom. The molecular weight excluding hydrogens is 329 g/mol. The second kappa shape index (κ2) is 7.00. The number of hydrogen-bond acceptors (Lipinski definition) is 5. The fraction of sp³-hybridized carbons (Fsp3) is 0.412. The highest BCUT2D eigenvalue weighted by molar-refractivity contribution is 5.78. The Morgan fingerprint density at radius 1 is 1.44 bits per heavy atom. The Kier molecular flexibility index (Phi) is 4.78. The van der Waals surface area contributed by atoms with E-state index in [9.17, 15) is 14.0 Å². The largest absolute Gasteiger partial charge is 0.481 e. The van der Waals surface area contributed by atoms with Crippen molar-refractivity contribution in [3.05, 3.63) is 35.5 Å². The van der Waals surface area contributed by atoms with E-state index in [-0.39, 0.29) is 36.9 Å². The van der Waals surface area contributed by atoms with Gasteiger partial charge in [0, 0.05) is 31.5 Å². The summed E-state index contributed by atoms with van der Waals surface area (Å²) < 4.78 is 18.7. The number of hydrogen-bond donors (Lipinski definition) is 1. The lowest BCUT2D eigenvalue weighted by Gasteiger charge is -2.14. The van der Waals surface area contributed by atoms with Gasteiger partial charge >= 0.3 is 5.97 Å². The minimum atomic E-state index is -0.873. The first-order valence-corrected chi connectivity index (χ1v) is 8.03. The van der Waals surface area contributed by atoms with Gasteiger partial charge in [-0.1, -0.05) is 17.3 Å².